The third-order valence-corrected chi connectivity index (χ3v) is 4.69. The van der Waals surface area contributed by atoms with Gasteiger partial charge in [0.1, 0.15) is 12.4 Å². The van der Waals surface area contributed by atoms with Crippen LogP contribution in [0, 0.1) is 0 Å². The van der Waals surface area contributed by atoms with E-state index in [0.29, 0.717) is 41.0 Å². The molecule has 0 aliphatic carbocycles. The minimum Gasteiger partial charge on any atom is -0.493 e. The van der Waals surface area contributed by atoms with Gasteiger partial charge in [-0.2, -0.15) is 0 Å². The highest BCUT2D eigenvalue weighted by Gasteiger charge is 2.12. The van der Waals surface area contributed by atoms with Crippen molar-refractivity contribution >= 4 is 17.5 Å². The predicted octanol–water partition coefficient (Wildman–Crippen LogP) is 5.26. The topological polar surface area (TPSA) is 56.8 Å². The Morgan fingerprint density at radius 1 is 0.933 bits per heavy atom. The lowest BCUT2D eigenvalue weighted by Crippen LogP contribution is -2.23. The second-order valence-electron chi connectivity index (χ2n) is 6.50. The summed E-state index contributed by atoms with van der Waals surface area (Å²) in [5.74, 6) is 1.78. The Morgan fingerprint density at radius 2 is 1.67 bits per heavy atom. The zero-order valence-corrected chi connectivity index (χ0v) is 17.7. The second-order valence-corrected chi connectivity index (χ2v) is 6.94. The zero-order chi connectivity index (χ0) is 21.3. The minimum atomic E-state index is -0.174. The summed E-state index contributed by atoms with van der Waals surface area (Å²) in [4.78, 5) is 12.6. The van der Waals surface area contributed by atoms with Crippen LogP contribution in [0.5, 0.6) is 17.2 Å². The van der Waals surface area contributed by atoms with Crippen LogP contribution >= 0.6 is 11.6 Å². The Balaban J connectivity index is 1.72. The van der Waals surface area contributed by atoms with Gasteiger partial charge in [-0.1, -0.05) is 35.9 Å². The van der Waals surface area contributed by atoms with Crippen molar-refractivity contribution in [1.29, 1.82) is 0 Å². The molecule has 0 spiro atoms. The van der Waals surface area contributed by atoms with E-state index >= 15 is 0 Å². The van der Waals surface area contributed by atoms with Crippen LogP contribution in [0.25, 0.3) is 0 Å². The number of methoxy groups -OCH3 is 1. The molecule has 1 amide bonds. The number of hydrogen-bond donors (Lipinski definition) is 1. The largest absolute Gasteiger partial charge is 0.493 e. The second kappa shape index (κ2) is 10.6. The Morgan fingerprint density at radius 3 is 2.37 bits per heavy atom. The Labute approximate surface area is 181 Å². The fourth-order valence-electron chi connectivity index (χ4n) is 2.91. The molecule has 0 saturated carbocycles. The summed E-state index contributed by atoms with van der Waals surface area (Å²) in [6.07, 6.45) is 0. The van der Waals surface area contributed by atoms with Crippen LogP contribution in [0.15, 0.2) is 66.7 Å². The van der Waals surface area contributed by atoms with E-state index in [1.165, 1.54) is 0 Å². The molecule has 0 bridgehead atoms. The van der Waals surface area contributed by atoms with E-state index in [1.807, 2.05) is 43.3 Å². The summed E-state index contributed by atoms with van der Waals surface area (Å²) >= 11 is 5.90. The molecule has 0 unspecified atom stereocenters. The lowest BCUT2D eigenvalue weighted by atomic mass is 10.1. The van der Waals surface area contributed by atoms with Crippen LogP contribution in [-0.4, -0.2) is 19.6 Å². The van der Waals surface area contributed by atoms with Gasteiger partial charge in [0.05, 0.1) is 13.7 Å². The molecule has 0 radical (unpaired) electrons. The van der Waals surface area contributed by atoms with Gasteiger partial charge in [-0.15, -0.1) is 0 Å². The smallest absolute Gasteiger partial charge is 0.251 e. The van der Waals surface area contributed by atoms with Crippen molar-refractivity contribution in [3.63, 3.8) is 0 Å². The molecule has 0 aromatic heterocycles. The summed E-state index contributed by atoms with van der Waals surface area (Å²) in [5.41, 5.74) is 2.28. The highest BCUT2D eigenvalue weighted by atomic mass is 35.5. The summed E-state index contributed by atoms with van der Waals surface area (Å²) < 4.78 is 17.0. The molecule has 156 valence electrons. The van der Waals surface area contributed by atoms with Gasteiger partial charge in [-0.05, 0) is 55.0 Å². The molecule has 30 heavy (non-hydrogen) atoms. The van der Waals surface area contributed by atoms with Gasteiger partial charge < -0.3 is 19.5 Å². The first-order valence-electron chi connectivity index (χ1n) is 9.65. The fourth-order valence-corrected chi connectivity index (χ4v) is 3.04. The molecule has 0 saturated heterocycles. The van der Waals surface area contributed by atoms with Gasteiger partial charge in [0, 0.05) is 22.7 Å². The number of hydrogen-bond acceptors (Lipinski definition) is 4. The van der Waals surface area contributed by atoms with Gasteiger partial charge >= 0.3 is 0 Å². The van der Waals surface area contributed by atoms with Crippen LogP contribution in [0.4, 0.5) is 0 Å². The fraction of sp³-hybridized carbons (Fsp3) is 0.208. The van der Waals surface area contributed by atoms with Crippen LogP contribution in [0.2, 0.25) is 5.02 Å². The molecule has 1 N–H and O–H groups in total. The number of amides is 1. The number of nitrogens with one attached hydrogen (secondary N) is 1. The van der Waals surface area contributed by atoms with Gasteiger partial charge in [-0.25, -0.2) is 0 Å². The molecule has 0 fully saturated rings. The highest BCUT2D eigenvalue weighted by molar-refractivity contribution is 6.30. The standard InChI is InChI=1S/C24H24ClNO4/c1-3-29-21-13-10-18(24(27)26-15-17-8-11-20(25)12-9-17)14-19(21)16-30-23-7-5-4-6-22(23)28-2/h4-14H,3,15-16H2,1-2H3,(H,26,27). The number of para-hydroxylation sites is 2. The normalized spacial score (nSPS) is 10.4. The molecule has 3 aromatic carbocycles. The number of halogens is 1. The number of ether oxygens (including phenoxy) is 3. The predicted molar refractivity (Wildman–Crippen MR) is 118 cm³/mol. The molecule has 0 aliphatic heterocycles. The quantitative estimate of drug-likeness (QED) is 0.508. The van der Waals surface area contributed by atoms with Crippen LogP contribution in [0.3, 0.4) is 0 Å². The first-order valence-corrected chi connectivity index (χ1v) is 10.0. The molecule has 5 nitrogen and oxygen atoms in total. The maximum Gasteiger partial charge on any atom is 0.251 e. The summed E-state index contributed by atoms with van der Waals surface area (Å²) in [7, 11) is 1.60. The van der Waals surface area contributed by atoms with Gasteiger partial charge in [0.2, 0.25) is 0 Å². The summed E-state index contributed by atoms with van der Waals surface area (Å²) in [6, 6.07) is 20.1. The lowest BCUT2D eigenvalue weighted by Gasteiger charge is -2.15. The van der Waals surface area contributed by atoms with E-state index in [2.05, 4.69) is 5.32 Å². The Bertz CT molecular complexity index is 989. The minimum absolute atomic E-state index is 0.174. The number of carbonyl (C=O) groups excluding carboxylic acids is 1. The van der Waals surface area contributed by atoms with E-state index in [-0.39, 0.29) is 12.5 Å². The maximum atomic E-state index is 12.6. The Hall–Kier alpha value is -3.18. The lowest BCUT2D eigenvalue weighted by molar-refractivity contribution is 0.0950. The third kappa shape index (κ3) is 5.67. The van der Waals surface area contributed by atoms with Gasteiger partial charge in [0.25, 0.3) is 5.91 Å². The van der Waals surface area contributed by atoms with Crippen molar-refractivity contribution in [3.05, 3.63) is 88.4 Å². The summed E-state index contributed by atoms with van der Waals surface area (Å²) in [6.45, 7) is 3.09. The summed E-state index contributed by atoms with van der Waals surface area (Å²) in [5, 5.41) is 3.58. The average Bonchev–Trinajstić information content (AvgIpc) is 2.78. The van der Waals surface area contributed by atoms with Crippen molar-refractivity contribution in [2.24, 2.45) is 0 Å². The molecule has 0 heterocycles. The van der Waals surface area contributed by atoms with Crippen molar-refractivity contribution in [2.75, 3.05) is 13.7 Å². The SMILES string of the molecule is CCOc1ccc(C(=O)NCc2ccc(Cl)cc2)cc1COc1ccccc1OC. The van der Waals surface area contributed by atoms with Crippen molar-refractivity contribution in [3.8, 4) is 17.2 Å². The molecule has 3 aromatic rings. The molecule has 0 aliphatic rings. The Kier molecular flexibility index (Phi) is 7.57. The van der Waals surface area contributed by atoms with Crippen molar-refractivity contribution in [2.45, 2.75) is 20.1 Å². The van der Waals surface area contributed by atoms with E-state index < -0.39 is 0 Å². The van der Waals surface area contributed by atoms with Crippen LogP contribution in [0.1, 0.15) is 28.4 Å². The van der Waals surface area contributed by atoms with Crippen LogP contribution < -0.4 is 19.5 Å². The number of rotatable bonds is 9. The van der Waals surface area contributed by atoms with E-state index in [0.717, 1.165) is 11.1 Å². The highest BCUT2D eigenvalue weighted by Crippen LogP contribution is 2.28. The first kappa shape index (κ1) is 21.5. The molecular weight excluding hydrogens is 402 g/mol. The average molecular weight is 426 g/mol. The molecule has 6 heteroatoms. The first-order chi connectivity index (χ1) is 14.6. The molecular formula is C24H24ClNO4. The maximum absolute atomic E-state index is 12.6. The van der Waals surface area contributed by atoms with Gasteiger partial charge in [-0.3, -0.25) is 4.79 Å². The van der Waals surface area contributed by atoms with Crippen LogP contribution in [-0.2, 0) is 13.2 Å². The van der Waals surface area contributed by atoms with E-state index in [4.69, 9.17) is 25.8 Å². The molecule has 3 rings (SSSR count). The molecule has 0 atom stereocenters. The van der Waals surface area contributed by atoms with Gasteiger partial charge in [0.15, 0.2) is 11.5 Å². The monoisotopic (exact) mass is 425 g/mol. The van der Waals surface area contributed by atoms with E-state index in [1.54, 1.807) is 37.4 Å². The number of carbonyl (C=O) groups is 1. The third-order valence-electron chi connectivity index (χ3n) is 4.44. The number of benzene rings is 3. The zero-order valence-electron chi connectivity index (χ0n) is 17.0. The van der Waals surface area contributed by atoms with E-state index in [9.17, 15) is 4.79 Å². The van der Waals surface area contributed by atoms with Crippen molar-refractivity contribution < 1.29 is 19.0 Å². The van der Waals surface area contributed by atoms with Crippen molar-refractivity contribution in [1.82, 2.24) is 5.32 Å².